The van der Waals surface area contributed by atoms with Crippen molar-refractivity contribution in [1.82, 2.24) is 0 Å². The van der Waals surface area contributed by atoms with Crippen molar-refractivity contribution in [2.24, 2.45) is 0 Å². The van der Waals surface area contributed by atoms with Crippen molar-refractivity contribution >= 4 is 21.5 Å². The van der Waals surface area contributed by atoms with Crippen molar-refractivity contribution in [2.45, 2.75) is 38.0 Å². The van der Waals surface area contributed by atoms with Gasteiger partial charge in [0.25, 0.3) is 10.0 Å². The third kappa shape index (κ3) is 4.42. The number of aryl methyl sites for hydroxylation is 1. The number of anilines is 1. The molecular weight excluding hydrogens is 310 g/mol. The van der Waals surface area contributed by atoms with E-state index in [1.54, 1.807) is 36.4 Å². The predicted octanol–water partition coefficient (Wildman–Crippen LogP) is 4.17. The number of hydrogen-bond donors (Lipinski definition) is 1. The second-order valence-electron chi connectivity index (χ2n) is 5.47. The summed E-state index contributed by atoms with van der Waals surface area (Å²) in [7, 11) is -3.66. The number of sulfonamides is 1. The minimum Gasteiger partial charge on any atom is -0.294 e. The van der Waals surface area contributed by atoms with E-state index in [2.05, 4.69) is 4.72 Å². The maximum absolute atomic E-state index is 12.4. The third-order valence-corrected chi connectivity index (χ3v) is 5.00. The maximum Gasteiger partial charge on any atom is 0.261 e. The van der Waals surface area contributed by atoms with Crippen LogP contribution in [-0.4, -0.2) is 14.2 Å². The molecule has 0 radical (unpaired) electrons. The first kappa shape index (κ1) is 17.2. The first-order chi connectivity index (χ1) is 10.9. The molecule has 122 valence electrons. The lowest BCUT2D eigenvalue weighted by molar-refractivity contribution is 0.0980. The Morgan fingerprint density at radius 1 is 1.09 bits per heavy atom. The van der Waals surface area contributed by atoms with Gasteiger partial charge in [0, 0.05) is 12.0 Å². The van der Waals surface area contributed by atoms with Crippen LogP contribution < -0.4 is 4.72 Å². The molecule has 0 fully saturated rings. The van der Waals surface area contributed by atoms with Gasteiger partial charge >= 0.3 is 0 Å². The Morgan fingerprint density at radius 2 is 1.78 bits per heavy atom. The lowest BCUT2D eigenvalue weighted by atomic mass is 10.0. The van der Waals surface area contributed by atoms with Gasteiger partial charge < -0.3 is 0 Å². The number of carbonyl (C=O) groups is 1. The lowest BCUT2D eigenvalue weighted by Crippen LogP contribution is -2.14. The Labute approximate surface area is 137 Å². The number of Topliss-reactive ketones (excluding diaryl/α,β-unsaturated/α-hetero) is 1. The van der Waals surface area contributed by atoms with Gasteiger partial charge in [-0.3, -0.25) is 9.52 Å². The largest absolute Gasteiger partial charge is 0.294 e. The summed E-state index contributed by atoms with van der Waals surface area (Å²) in [4.78, 5) is 12.3. The predicted molar refractivity (Wildman–Crippen MR) is 92.3 cm³/mol. The van der Waals surface area contributed by atoms with Gasteiger partial charge in [0.05, 0.1) is 10.6 Å². The minimum atomic E-state index is -3.66. The number of carbonyl (C=O) groups excluding carboxylic acids is 1. The Bertz CT molecular complexity index is 783. The topological polar surface area (TPSA) is 63.2 Å². The van der Waals surface area contributed by atoms with Crippen molar-refractivity contribution in [2.75, 3.05) is 4.72 Å². The van der Waals surface area contributed by atoms with E-state index in [0.717, 1.165) is 18.4 Å². The maximum atomic E-state index is 12.4. The number of benzene rings is 2. The first-order valence-electron chi connectivity index (χ1n) is 7.66. The zero-order valence-electron chi connectivity index (χ0n) is 13.4. The van der Waals surface area contributed by atoms with E-state index >= 15 is 0 Å². The normalized spacial score (nSPS) is 11.2. The molecule has 0 aliphatic rings. The second kappa shape index (κ2) is 7.42. The zero-order valence-corrected chi connectivity index (χ0v) is 14.2. The highest BCUT2D eigenvalue weighted by atomic mass is 32.2. The van der Waals surface area contributed by atoms with Crippen LogP contribution in [0.3, 0.4) is 0 Å². The molecule has 2 aromatic rings. The lowest BCUT2D eigenvalue weighted by Gasteiger charge is -2.12. The molecule has 0 unspecified atom stereocenters. The van der Waals surface area contributed by atoms with Crippen molar-refractivity contribution in [3.05, 3.63) is 59.7 Å². The van der Waals surface area contributed by atoms with Crippen molar-refractivity contribution < 1.29 is 13.2 Å². The average molecular weight is 331 g/mol. The average Bonchev–Trinajstić information content (AvgIpc) is 2.55. The molecule has 5 heteroatoms. The molecule has 2 aromatic carbocycles. The molecule has 0 saturated heterocycles. The number of rotatable bonds is 7. The monoisotopic (exact) mass is 331 g/mol. The smallest absolute Gasteiger partial charge is 0.261 e. The minimum absolute atomic E-state index is 0.0343. The van der Waals surface area contributed by atoms with Gasteiger partial charge in [0.15, 0.2) is 5.78 Å². The van der Waals surface area contributed by atoms with Crippen molar-refractivity contribution in [3.63, 3.8) is 0 Å². The number of nitrogens with one attached hydrogen (secondary N) is 1. The highest BCUT2D eigenvalue weighted by Crippen LogP contribution is 2.22. The number of hydrogen-bond acceptors (Lipinski definition) is 3. The molecule has 0 spiro atoms. The van der Waals surface area contributed by atoms with Gasteiger partial charge in [-0.05, 0) is 37.1 Å². The van der Waals surface area contributed by atoms with E-state index in [9.17, 15) is 13.2 Å². The summed E-state index contributed by atoms with van der Waals surface area (Å²) in [6.45, 7) is 3.84. The molecule has 0 aromatic heterocycles. The summed E-state index contributed by atoms with van der Waals surface area (Å²) in [5.74, 6) is 0.0343. The third-order valence-electron chi connectivity index (χ3n) is 3.61. The molecule has 0 saturated carbocycles. The van der Waals surface area contributed by atoms with Crippen LogP contribution in [0.1, 0.15) is 42.1 Å². The first-order valence-corrected chi connectivity index (χ1v) is 9.14. The van der Waals surface area contributed by atoms with Crippen molar-refractivity contribution in [1.29, 1.82) is 0 Å². The van der Waals surface area contributed by atoms with E-state index in [1.807, 2.05) is 13.8 Å². The van der Waals surface area contributed by atoms with Crippen LogP contribution in [0.25, 0.3) is 0 Å². The summed E-state index contributed by atoms with van der Waals surface area (Å²) in [6, 6.07) is 13.3. The van der Waals surface area contributed by atoms with E-state index in [0.29, 0.717) is 17.7 Å². The molecule has 0 aliphatic carbocycles. The van der Waals surface area contributed by atoms with Crippen LogP contribution in [0.15, 0.2) is 53.4 Å². The van der Waals surface area contributed by atoms with Gasteiger partial charge in [-0.2, -0.15) is 0 Å². The van der Waals surface area contributed by atoms with E-state index in [-0.39, 0.29) is 10.7 Å². The van der Waals surface area contributed by atoms with Crippen LogP contribution in [-0.2, 0) is 10.0 Å². The molecule has 0 heterocycles. The van der Waals surface area contributed by atoms with Gasteiger partial charge in [0.1, 0.15) is 0 Å². The number of ketones is 1. The summed E-state index contributed by atoms with van der Waals surface area (Å²) in [5, 5.41) is 0. The standard InChI is InChI=1S/C18H21NO3S/c1-3-4-10-18(20)15-12-11-14(2)17(13-15)19-23(21,22)16-8-6-5-7-9-16/h5-9,11-13,19H,3-4,10H2,1-2H3. The Morgan fingerprint density at radius 3 is 2.43 bits per heavy atom. The van der Waals surface area contributed by atoms with Crippen LogP contribution in [0, 0.1) is 6.92 Å². The summed E-state index contributed by atoms with van der Waals surface area (Å²) in [5.41, 5.74) is 1.75. The number of unbranched alkanes of at least 4 members (excludes halogenated alkanes) is 1. The highest BCUT2D eigenvalue weighted by molar-refractivity contribution is 7.92. The zero-order chi connectivity index (χ0) is 16.9. The Hall–Kier alpha value is -2.14. The van der Waals surface area contributed by atoms with Crippen LogP contribution >= 0.6 is 0 Å². The van der Waals surface area contributed by atoms with E-state index in [1.165, 1.54) is 12.1 Å². The summed E-state index contributed by atoms with van der Waals surface area (Å²) < 4.78 is 27.4. The van der Waals surface area contributed by atoms with E-state index < -0.39 is 10.0 Å². The quantitative estimate of drug-likeness (QED) is 0.775. The van der Waals surface area contributed by atoms with Crippen LogP contribution in [0.2, 0.25) is 0 Å². The molecule has 4 nitrogen and oxygen atoms in total. The molecular formula is C18H21NO3S. The molecule has 0 amide bonds. The Balaban J connectivity index is 2.28. The van der Waals surface area contributed by atoms with Gasteiger partial charge in [-0.1, -0.05) is 43.7 Å². The second-order valence-corrected chi connectivity index (χ2v) is 7.16. The van der Waals surface area contributed by atoms with Crippen LogP contribution in [0.5, 0.6) is 0 Å². The summed E-state index contributed by atoms with van der Waals surface area (Å²) in [6.07, 6.45) is 2.26. The van der Waals surface area contributed by atoms with Crippen molar-refractivity contribution in [3.8, 4) is 0 Å². The van der Waals surface area contributed by atoms with Crippen LogP contribution in [0.4, 0.5) is 5.69 Å². The molecule has 0 atom stereocenters. The summed E-state index contributed by atoms with van der Waals surface area (Å²) >= 11 is 0. The molecule has 1 N–H and O–H groups in total. The fraction of sp³-hybridized carbons (Fsp3) is 0.278. The fourth-order valence-corrected chi connectivity index (χ4v) is 3.33. The molecule has 0 aliphatic heterocycles. The van der Waals surface area contributed by atoms with Gasteiger partial charge in [-0.15, -0.1) is 0 Å². The van der Waals surface area contributed by atoms with Gasteiger partial charge in [-0.25, -0.2) is 8.42 Å². The molecule has 23 heavy (non-hydrogen) atoms. The fourth-order valence-electron chi connectivity index (χ4n) is 2.19. The SMILES string of the molecule is CCCCC(=O)c1ccc(C)c(NS(=O)(=O)c2ccccc2)c1. The molecule has 2 rings (SSSR count). The van der Waals surface area contributed by atoms with Gasteiger partial charge in [0.2, 0.25) is 0 Å². The van der Waals surface area contributed by atoms with E-state index in [4.69, 9.17) is 0 Å². The highest BCUT2D eigenvalue weighted by Gasteiger charge is 2.16. The molecule has 0 bridgehead atoms. The Kier molecular flexibility index (Phi) is 5.55.